The largest absolute Gasteiger partial charge is 0.352 e. The van der Waals surface area contributed by atoms with E-state index in [9.17, 15) is 4.79 Å². The Morgan fingerprint density at radius 1 is 1.24 bits per heavy atom. The number of amides is 1. The number of aryl methyl sites for hydroxylation is 2. The summed E-state index contributed by atoms with van der Waals surface area (Å²) in [5.41, 5.74) is 6.14. The molecule has 0 fully saturated rings. The van der Waals surface area contributed by atoms with Crippen LogP contribution in [0.25, 0.3) is 11.3 Å². The maximum absolute atomic E-state index is 12.3. The molecular weight excluding hydrogens is 314 g/mol. The molecule has 130 valence electrons. The van der Waals surface area contributed by atoms with Crippen LogP contribution in [0.5, 0.6) is 0 Å². The summed E-state index contributed by atoms with van der Waals surface area (Å²) in [6.07, 6.45) is 3.82. The fourth-order valence-corrected chi connectivity index (χ4v) is 2.94. The lowest BCUT2D eigenvalue weighted by molar-refractivity contribution is -0.120. The SMILES string of the molecule is CCn1nc(C)c(CC(=O)NCc2ccc(-c3cnc[nH]3)cc2)c1C. The molecule has 0 aliphatic rings. The average Bonchev–Trinajstić information content (AvgIpc) is 3.24. The zero-order chi connectivity index (χ0) is 17.8. The van der Waals surface area contributed by atoms with Crippen molar-refractivity contribution in [1.82, 2.24) is 25.1 Å². The summed E-state index contributed by atoms with van der Waals surface area (Å²) >= 11 is 0. The molecule has 0 bridgehead atoms. The minimum Gasteiger partial charge on any atom is -0.352 e. The van der Waals surface area contributed by atoms with Crippen molar-refractivity contribution in [2.45, 2.75) is 40.3 Å². The van der Waals surface area contributed by atoms with Crippen molar-refractivity contribution in [2.75, 3.05) is 0 Å². The van der Waals surface area contributed by atoms with E-state index in [1.54, 1.807) is 12.5 Å². The summed E-state index contributed by atoms with van der Waals surface area (Å²) in [4.78, 5) is 19.4. The Bertz CT molecular complexity index is 847. The topological polar surface area (TPSA) is 75.6 Å². The van der Waals surface area contributed by atoms with Gasteiger partial charge in [0.1, 0.15) is 0 Å². The van der Waals surface area contributed by atoms with E-state index >= 15 is 0 Å². The molecule has 3 rings (SSSR count). The van der Waals surface area contributed by atoms with Crippen LogP contribution in [0, 0.1) is 13.8 Å². The number of rotatable bonds is 6. The number of carbonyl (C=O) groups excluding carboxylic acids is 1. The number of hydrogen-bond donors (Lipinski definition) is 2. The van der Waals surface area contributed by atoms with Crippen LogP contribution in [0.2, 0.25) is 0 Å². The second kappa shape index (κ2) is 7.34. The second-order valence-corrected chi connectivity index (χ2v) is 6.08. The summed E-state index contributed by atoms with van der Waals surface area (Å²) in [5, 5.41) is 7.45. The van der Waals surface area contributed by atoms with E-state index in [0.717, 1.165) is 40.3 Å². The molecule has 6 nitrogen and oxygen atoms in total. The van der Waals surface area contributed by atoms with E-state index in [-0.39, 0.29) is 5.91 Å². The van der Waals surface area contributed by atoms with Crippen LogP contribution in [0.15, 0.2) is 36.8 Å². The number of nitrogens with zero attached hydrogens (tertiary/aromatic N) is 3. The predicted octanol–water partition coefficient (Wildman–Crippen LogP) is 2.77. The highest BCUT2D eigenvalue weighted by molar-refractivity contribution is 5.79. The Kier molecular flexibility index (Phi) is 4.97. The van der Waals surface area contributed by atoms with E-state index in [1.165, 1.54) is 0 Å². The van der Waals surface area contributed by atoms with E-state index in [2.05, 4.69) is 27.3 Å². The van der Waals surface area contributed by atoms with Crippen molar-refractivity contribution in [3.8, 4) is 11.3 Å². The lowest BCUT2D eigenvalue weighted by atomic mass is 10.1. The van der Waals surface area contributed by atoms with Crippen molar-refractivity contribution >= 4 is 5.91 Å². The number of benzene rings is 1. The molecule has 2 heterocycles. The first kappa shape index (κ1) is 17.0. The van der Waals surface area contributed by atoms with Crippen LogP contribution in [0.3, 0.4) is 0 Å². The fourth-order valence-electron chi connectivity index (χ4n) is 2.94. The van der Waals surface area contributed by atoms with Crippen LogP contribution in [0.1, 0.15) is 29.4 Å². The number of aromatic amines is 1. The van der Waals surface area contributed by atoms with E-state index in [0.29, 0.717) is 13.0 Å². The first-order valence-corrected chi connectivity index (χ1v) is 8.45. The molecule has 0 unspecified atom stereocenters. The molecule has 25 heavy (non-hydrogen) atoms. The predicted molar refractivity (Wildman–Crippen MR) is 96.9 cm³/mol. The molecule has 6 heteroatoms. The van der Waals surface area contributed by atoms with Gasteiger partial charge in [0.05, 0.1) is 30.3 Å². The highest BCUT2D eigenvalue weighted by atomic mass is 16.1. The summed E-state index contributed by atoms with van der Waals surface area (Å²) in [6, 6.07) is 8.08. The Balaban J connectivity index is 1.58. The Hall–Kier alpha value is -2.89. The zero-order valence-corrected chi connectivity index (χ0v) is 14.8. The lowest BCUT2D eigenvalue weighted by Crippen LogP contribution is -2.25. The van der Waals surface area contributed by atoms with E-state index in [4.69, 9.17) is 0 Å². The maximum Gasteiger partial charge on any atom is 0.224 e. The van der Waals surface area contributed by atoms with Crippen LogP contribution in [-0.4, -0.2) is 25.7 Å². The van der Waals surface area contributed by atoms with E-state index < -0.39 is 0 Å². The lowest BCUT2D eigenvalue weighted by Gasteiger charge is -2.07. The third kappa shape index (κ3) is 3.79. The molecule has 0 aliphatic carbocycles. The van der Waals surface area contributed by atoms with E-state index in [1.807, 2.05) is 42.8 Å². The van der Waals surface area contributed by atoms with Crippen molar-refractivity contribution in [3.05, 3.63) is 59.3 Å². The molecule has 0 saturated carbocycles. The summed E-state index contributed by atoms with van der Waals surface area (Å²) in [7, 11) is 0. The van der Waals surface area contributed by atoms with Gasteiger partial charge in [-0.2, -0.15) is 5.10 Å². The number of carbonyl (C=O) groups is 1. The van der Waals surface area contributed by atoms with Gasteiger partial charge in [-0.05, 0) is 31.9 Å². The highest BCUT2D eigenvalue weighted by Crippen LogP contribution is 2.17. The van der Waals surface area contributed by atoms with Gasteiger partial charge in [0.2, 0.25) is 5.91 Å². The third-order valence-corrected chi connectivity index (χ3v) is 4.42. The molecule has 1 aromatic carbocycles. The molecule has 0 radical (unpaired) electrons. The first-order chi connectivity index (χ1) is 12.1. The summed E-state index contributed by atoms with van der Waals surface area (Å²) < 4.78 is 1.94. The van der Waals surface area contributed by atoms with Gasteiger partial charge < -0.3 is 10.3 Å². The smallest absolute Gasteiger partial charge is 0.224 e. The van der Waals surface area contributed by atoms with Gasteiger partial charge in [0.25, 0.3) is 0 Å². The number of imidazole rings is 1. The first-order valence-electron chi connectivity index (χ1n) is 8.45. The zero-order valence-electron chi connectivity index (χ0n) is 14.8. The minimum atomic E-state index is 0.0134. The number of hydrogen-bond acceptors (Lipinski definition) is 3. The third-order valence-electron chi connectivity index (χ3n) is 4.42. The summed E-state index contributed by atoms with van der Waals surface area (Å²) in [6.45, 7) is 7.35. The average molecular weight is 337 g/mol. The van der Waals surface area contributed by atoms with Crippen LogP contribution in [0.4, 0.5) is 0 Å². The molecule has 0 atom stereocenters. The van der Waals surface area contributed by atoms with Crippen molar-refractivity contribution in [3.63, 3.8) is 0 Å². The fraction of sp³-hybridized carbons (Fsp3) is 0.316. The van der Waals surface area contributed by atoms with Crippen LogP contribution < -0.4 is 5.32 Å². The molecular formula is C19H23N5O. The van der Waals surface area contributed by atoms with Gasteiger partial charge >= 0.3 is 0 Å². The number of H-pyrrole nitrogens is 1. The number of aromatic nitrogens is 4. The van der Waals surface area contributed by atoms with Gasteiger partial charge in [0.15, 0.2) is 0 Å². The Morgan fingerprint density at radius 2 is 2.00 bits per heavy atom. The molecule has 2 aromatic heterocycles. The summed E-state index contributed by atoms with van der Waals surface area (Å²) in [5.74, 6) is 0.0134. The number of nitrogens with one attached hydrogen (secondary N) is 2. The van der Waals surface area contributed by atoms with Gasteiger partial charge in [-0.15, -0.1) is 0 Å². The molecule has 1 amide bonds. The van der Waals surface area contributed by atoms with Crippen molar-refractivity contribution in [1.29, 1.82) is 0 Å². The van der Waals surface area contributed by atoms with Gasteiger partial charge in [-0.3, -0.25) is 9.48 Å². The Labute approximate surface area is 147 Å². The molecule has 3 aromatic rings. The quantitative estimate of drug-likeness (QED) is 0.726. The van der Waals surface area contributed by atoms with Crippen molar-refractivity contribution < 1.29 is 4.79 Å². The Morgan fingerprint density at radius 3 is 2.60 bits per heavy atom. The van der Waals surface area contributed by atoms with Crippen LogP contribution in [-0.2, 0) is 24.3 Å². The molecule has 2 N–H and O–H groups in total. The monoisotopic (exact) mass is 337 g/mol. The molecule has 0 saturated heterocycles. The van der Waals surface area contributed by atoms with Crippen LogP contribution >= 0.6 is 0 Å². The minimum absolute atomic E-state index is 0.0134. The maximum atomic E-state index is 12.3. The molecule has 0 aliphatic heterocycles. The van der Waals surface area contributed by atoms with Crippen molar-refractivity contribution in [2.24, 2.45) is 0 Å². The molecule has 0 spiro atoms. The highest BCUT2D eigenvalue weighted by Gasteiger charge is 2.14. The normalized spacial score (nSPS) is 10.8. The second-order valence-electron chi connectivity index (χ2n) is 6.08. The van der Waals surface area contributed by atoms with Gasteiger partial charge in [0, 0.05) is 24.3 Å². The van der Waals surface area contributed by atoms with Gasteiger partial charge in [-0.25, -0.2) is 4.98 Å². The standard InChI is InChI=1S/C19H23N5O/c1-4-24-14(3)17(13(2)23-24)9-19(25)21-10-15-5-7-16(8-6-15)18-11-20-12-22-18/h5-8,11-12H,4,9-10H2,1-3H3,(H,20,22)(H,21,25). The van der Waals surface area contributed by atoms with Gasteiger partial charge in [-0.1, -0.05) is 24.3 Å².